The van der Waals surface area contributed by atoms with E-state index in [-0.39, 0.29) is 24.3 Å². The normalized spacial score (nSPS) is 15.2. The van der Waals surface area contributed by atoms with E-state index in [4.69, 9.17) is 28.4 Å². The molecule has 12 heteroatoms. The van der Waals surface area contributed by atoms with Gasteiger partial charge < -0.3 is 28.4 Å². The second kappa shape index (κ2) is 20.6. The molecule has 4 aromatic rings. The lowest BCUT2D eigenvalue weighted by molar-refractivity contribution is -0.145. The maximum atomic E-state index is 13.2. The number of allylic oxidation sites excluding steroid dienone is 1. The fourth-order valence-corrected chi connectivity index (χ4v) is 6.58. The van der Waals surface area contributed by atoms with Crippen molar-refractivity contribution in [3.63, 3.8) is 0 Å². The molecule has 0 radical (unpaired) electrons. The van der Waals surface area contributed by atoms with E-state index in [9.17, 15) is 24.0 Å². The molecule has 0 unspecified atom stereocenters. The van der Waals surface area contributed by atoms with E-state index in [1.807, 2.05) is 5.38 Å². The molecule has 0 atom stereocenters. The summed E-state index contributed by atoms with van der Waals surface area (Å²) < 4.78 is 32.5. The lowest BCUT2D eigenvalue weighted by Crippen LogP contribution is -2.30. The minimum atomic E-state index is -0.471. The highest BCUT2D eigenvalue weighted by atomic mass is 32.1. The number of ketones is 1. The maximum Gasteiger partial charge on any atom is 0.338 e. The molecule has 5 rings (SSSR count). The van der Waals surface area contributed by atoms with E-state index in [1.54, 1.807) is 92.0 Å². The van der Waals surface area contributed by atoms with Crippen molar-refractivity contribution in [2.75, 3.05) is 27.4 Å². The largest absolute Gasteiger partial charge is 0.497 e. The van der Waals surface area contributed by atoms with Gasteiger partial charge in [0.2, 0.25) is 0 Å². The molecular formula is C43H44O11S. The van der Waals surface area contributed by atoms with Gasteiger partial charge in [-0.3, -0.25) is 14.4 Å². The van der Waals surface area contributed by atoms with Gasteiger partial charge in [-0.25, -0.2) is 9.59 Å². The number of methoxy groups -OCH3 is 2. The van der Waals surface area contributed by atoms with Crippen molar-refractivity contribution in [1.82, 2.24) is 0 Å². The molecule has 1 aliphatic rings. The summed E-state index contributed by atoms with van der Waals surface area (Å²) in [5.74, 6) is -0.716. The van der Waals surface area contributed by atoms with Gasteiger partial charge in [-0.2, -0.15) is 0 Å². The van der Waals surface area contributed by atoms with Crippen LogP contribution in [0.15, 0.2) is 90.3 Å². The van der Waals surface area contributed by atoms with Crippen molar-refractivity contribution in [3.8, 4) is 23.0 Å². The smallest absolute Gasteiger partial charge is 0.338 e. The Bertz CT molecular complexity index is 1920. The van der Waals surface area contributed by atoms with Crippen molar-refractivity contribution in [2.45, 2.75) is 51.4 Å². The van der Waals surface area contributed by atoms with Crippen LogP contribution in [0.1, 0.15) is 87.3 Å². The third kappa shape index (κ3) is 12.1. The molecule has 11 nitrogen and oxygen atoms in total. The summed E-state index contributed by atoms with van der Waals surface area (Å²) in [6.07, 6.45) is 7.89. The molecule has 3 aromatic carbocycles. The predicted octanol–water partition coefficient (Wildman–Crippen LogP) is 8.55. The summed E-state index contributed by atoms with van der Waals surface area (Å²) >= 11 is 1.35. The maximum absolute atomic E-state index is 13.2. The monoisotopic (exact) mass is 768 g/mol. The number of hydrogen-bond acceptors (Lipinski definition) is 12. The molecule has 0 amide bonds. The van der Waals surface area contributed by atoms with Crippen LogP contribution in [0.2, 0.25) is 0 Å². The summed E-state index contributed by atoms with van der Waals surface area (Å²) in [6.45, 7) is 0.567. The fraction of sp³-hybridized carbons (Fsp3) is 0.326. The summed E-state index contributed by atoms with van der Waals surface area (Å²) in [7, 11) is 3.09. The van der Waals surface area contributed by atoms with Gasteiger partial charge in [-0.05, 0) is 142 Å². The summed E-state index contributed by atoms with van der Waals surface area (Å²) in [5.41, 5.74) is 1.34. The van der Waals surface area contributed by atoms with Crippen LogP contribution >= 0.6 is 11.3 Å². The van der Waals surface area contributed by atoms with E-state index in [0.29, 0.717) is 89.7 Å². The number of thiophene rings is 1. The highest BCUT2D eigenvalue weighted by Crippen LogP contribution is 2.33. The standard InChI is InChI=1S/C43H44O11S/c1-49-34-18-13-29(14-19-34)40(45)51-25-5-3-4-6-26-52-41(46)30-15-20-35(21-16-30)53-42(47)31-9-11-32(12-10-31)43(48)54-38-24-22-36(50-2)28-33(38)17-23-37(44)39-8-7-27-55-39/h7-8,13-24,27-28,31-32H,3-6,9-12,25-26H2,1-2H3/b23-17+. The fourth-order valence-electron chi connectivity index (χ4n) is 5.94. The summed E-state index contributed by atoms with van der Waals surface area (Å²) in [5, 5.41) is 1.83. The molecule has 0 saturated heterocycles. The lowest BCUT2D eigenvalue weighted by Gasteiger charge is -2.26. The van der Waals surface area contributed by atoms with Crippen LogP contribution in [-0.2, 0) is 19.1 Å². The van der Waals surface area contributed by atoms with Crippen LogP contribution in [0, 0.1) is 11.8 Å². The Balaban J connectivity index is 0.979. The van der Waals surface area contributed by atoms with Crippen molar-refractivity contribution in [2.24, 2.45) is 11.8 Å². The molecule has 1 saturated carbocycles. The topological polar surface area (TPSA) is 141 Å². The third-order valence-corrected chi connectivity index (χ3v) is 10.0. The quantitative estimate of drug-likeness (QED) is 0.0316. The average Bonchev–Trinajstić information content (AvgIpc) is 3.77. The third-order valence-electron chi connectivity index (χ3n) is 9.14. The van der Waals surface area contributed by atoms with Crippen molar-refractivity contribution in [3.05, 3.63) is 112 Å². The Labute approximate surface area is 324 Å². The van der Waals surface area contributed by atoms with Crippen molar-refractivity contribution >= 4 is 47.1 Å². The second-order valence-electron chi connectivity index (χ2n) is 12.9. The summed E-state index contributed by atoms with van der Waals surface area (Å²) in [4.78, 5) is 63.8. The Kier molecular flexibility index (Phi) is 15.2. The lowest BCUT2D eigenvalue weighted by atomic mass is 9.82. The SMILES string of the molecule is COc1ccc(C(=O)OCCCCCCOC(=O)c2ccc(OC(=O)C3CCC(C(=O)Oc4ccc(OC)cc4/C=C/C(=O)c4cccs4)CC3)cc2)cc1. The van der Waals surface area contributed by atoms with Gasteiger partial charge in [0.1, 0.15) is 23.0 Å². The van der Waals surface area contributed by atoms with Gasteiger partial charge in [0.25, 0.3) is 0 Å². The van der Waals surface area contributed by atoms with Gasteiger partial charge in [0.15, 0.2) is 5.78 Å². The molecule has 0 aliphatic heterocycles. The van der Waals surface area contributed by atoms with E-state index in [2.05, 4.69) is 0 Å². The van der Waals surface area contributed by atoms with Crippen LogP contribution in [0.3, 0.4) is 0 Å². The summed E-state index contributed by atoms with van der Waals surface area (Å²) in [6, 6.07) is 21.5. The van der Waals surface area contributed by atoms with E-state index >= 15 is 0 Å². The van der Waals surface area contributed by atoms with Crippen molar-refractivity contribution in [1.29, 1.82) is 0 Å². The Hall–Kier alpha value is -5.75. The van der Waals surface area contributed by atoms with Gasteiger partial charge in [-0.1, -0.05) is 6.07 Å². The first-order valence-electron chi connectivity index (χ1n) is 18.2. The second-order valence-corrected chi connectivity index (χ2v) is 13.9. The van der Waals surface area contributed by atoms with E-state index in [0.717, 1.165) is 12.8 Å². The highest BCUT2D eigenvalue weighted by Gasteiger charge is 2.32. The minimum absolute atomic E-state index is 0.154. The number of rotatable bonds is 18. The van der Waals surface area contributed by atoms with Crippen LogP contribution in [0.4, 0.5) is 0 Å². The number of esters is 4. The number of benzene rings is 3. The zero-order valence-corrected chi connectivity index (χ0v) is 31.7. The van der Waals surface area contributed by atoms with Crippen LogP contribution in [0.25, 0.3) is 6.08 Å². The number of ether oxygens (including phenoxy) is 6. The highest BCUT2D eigenvalue weighted by molar-refractivity contribution is 7.12. The number of carbonyl (C=O) groups is 5. The molecule has 0 bridgehead atoms. The minimum Gasteiger partial charge on any atom is -0.497 e. The predicted molar refractivity (Wildman–Crippen MR) is 206 cm³/mol. The van der Waals surface area contributed by atoms with Crippen LogP contribution < -0.4 is 18.9 Å². The molecule has 1 aromatic heterocycles. The number of carbonyl (C=O) groups excluding carboxylic acids is 5. The zero-order valence-electron chi connectivity index (χ0n) is 30.9. The molecular weight excluding hydrogens is 725 g/mol. The first-order chi connectivity index (χ1) is 26.7. The first kappa shape index (κ1) is 40.4. The van der Waals surface area contributed by atoms with Crippen LogP contribution in [0.5, 0.6) is 23.0 Å². The Morgan fingerprint density at radius 1 is 0.636 bits per heavy atom. The van der Waals surface area contributed by atoms with Gasteiger partial charge in [0, 0.05) is 5.56 Å². The van der Waals surface area contributed by atoms with Gasteiger partial charge in [-0.15, -0.1) is 11.3 Å². The molecule has 0 spiro atoms. The van der Waals surface area contributed by atoms with Gasteiger partial charge in [0.05, 0.1) is 55.3 Å². The zero-order chi connectivity index (χ0) is 39.0. The van der Waals surface area contributed by atoms with E-state index < -0.39 is 23.8 Å². The molecule has 288 valence electrons. The Morgan fingerprint density at radius 3 is 1.69 bits per heavy atom. The van der Waals surface area contributed by atoms with Crippen molar-refractivity contribution < 1.29 is 52.4 Å². The van der Waals surface area contributed by atoms with Crippen LogP contribution in [-0.4, -0.2) is 57.1 Å². The van der Waals surface area contributed by atoms with E-state index in [1.165, 1.54) is 24.5 Å². The average molecular weight is 769 g/mol. The molecule has 1 heterocycles. The molecule has 55 heavy (non-hydrogen) atoms. The molecule has 1 fully saturated rings. The molecule has 0 N–H and O–H groups in total. The number of unbranched alkanes of at least 4 members (excludes halogenated alkanes) is 3. The first-order valence-corrected chi connectivity index (χ1v) is 19.1. The van der Waals surface area contributed by atoms with Gasteiger partial charge >= 0.3 is 23.9 Å². The molecule has 1 aliphatic carbocycles. The Morgan fingerprint density at radius 2 is 1.16 bits per heavy atom. The number of hydrogen-bond donors (Lipinski definition) is 0.